The van der Waals surface area contributed by atoms with Crippen molar-refractivity contribution in [1.29, 1.82) is 0 Å². The molecule has 0 radical (unpaired) electrons. The van der Waals surface area contributed by atoms with Gasteiger partial charge in [0.2, 0.25) is 0 Å². The molecule has 80 valence electrons. The molecule has 2 nitrogen and oxygen atoms in total. The minimum Gasteiger partial charge on any atom is -0.392 e. The largest absolute Gasteiger partial charge is 0.392 e. The van der Waals surface area contributed by atoms with E-state index in [0.29, 0.717) is 18.5 Å². The summed E-state index contributed by atoms with van der Waals surface area (Å²) in [5.41, 5.74) is 0. The van der Waals surface area contributed by atoms with Gasteiger partial charge in [0.25, 0.3) is 0 Å². The van der Waals surface area contributed by atoms with Gasteiger partial charge in [-0.05, 0) is 24.3 Å². The summed E-state index contributed by atoms with van der Waals surface area (Å²) in [6, 6.07) is 4.58. The normalized spacial score (nSPS) is 15.8. The second-order valence-electron chi connectivity index (χ2n) is 3.99. The molecule has 2 N–H and O–H groups in total. The summed E-state index contributed by atoms with van der Waals surface area (Å²) in [5, 5.41) is 14.7. The fourth-order valence-corrected chi connectivity index (χ4v) is 2.40. The van der Waals surface area contributed by atoms with Crippen molar-refractivity contribution >= 4 is 11.3 Å². The minimum absolute atomic E-state index is 0.281. The van der Waals surface area contributed by atoms with E-state index in [4.69, 9.17) is 0 Å². The molecule has 2 atom stereocenters. The number of aliphatic hydroxyl groups excluding tert-OH is 1. The van der Waals surface area contributed by atoms with E-state index < -0.39 is 0 Å². The van der Waals surface area contributed by atoms with Gasteiger partial charge in [0.1, 0.15) is 0 Å². The Balaban J connectivity index is 2.57. The third kappa shape index (κ3) is 3.40. The van der Waals surface area contributed by atoms with Crippen LogP contribution < -0.4 is 5.32 Å². The summed E-state index contributed by atoms with van der Waals surface area (Å²) in [5.74, 6) is 0.549. The van der Waals surface area contributed by atoms with E-state index in [2.05, 4.69) is 36.7 Å². The molecule has 2 unspecified atom stereocenters. The van der Waals surface area contributed by atoms with E-state index in [1.165, 1.54) is 4.88 Å². The lowest BCUT2D eigenvalue weighted by Gasteiger charge is -2.22. The van der Waals surface area contributed by atoms with Crippen LogP contribution in [-0.2, 0) is 0 Å². The standard InChI is InChI=1S/C11H19NOS/c1-8(2)11(12-7-9(3)13)10-5-4-6-14-10/h4-6,8-9,11-13H,7H2,1-3H3. The maximum absolute atomic E-state index is 9.22. The molecule has 1 heterocycles. The summed E-state index contributed by atoms with van der Waals surface area (Å²) in [6.07, 6.45) is -0.281. The van der Waals surface area contributed by atoms with E-state index in [-0.39, 0.29) is 6.10 Å². The molecule has 1 aromatic heterocycles. The van der Waals surface area contributed by atoms with Crippen molar-refractivity contribution in [2.24, 2.45) is 5.92 Å². The Hall–Kier alpha value is -0.380. The van der Waals surface area contributed by atoms with Crippen molar-refractivity contribution in [1.82, 2.24) is 5.32 Å². The fraction of sp³-hybridized carbons (Fsp3) is 0.636. The van der Waals surface area contributed by atoms with Gasteiger partial charge in [-0.1, -0.05) is 19.9 Å². The van der Waals surface area contributed by atoms with Crippen molar-refractivity contribution in [3.63, 3.8) is 0 Å². The van der Waals surface area contributed by atoms with Crippen LogP contribution in [0.3, 0.4) is 0 Å². The van der Waals surface area contributed by atoms with Crippen LogP contribution >= 0.6 is 11.3 Å². The summed E-state index contributed by atoms with van der Waals surface area (Å²) in [4.78, 5) is 1.35. The number of hydrogen-bond donors (Lipinski definition) is 2. The predicted molar refractivity (Wildman–Crippen MR) is 61.6 cm³/mol. The number of rotatable bonds is 5. The molecule has 0 aliphatic carbocycles. The quantitative estimate of drug-likeness (QED) is 0.787. The zero-order valence-corrected chi connectivity index (χ0v) is 9.84. The average Bonchev–Trinajstić information content (AvgIpc) is 2.56. The Morgan fingerprint density at radius 1 is 1.43 bits per heavy atom. The van der Waals surface area contributed by atoms with Crippen molar-refractivity contribution in [3.05, 3.63) is 22.4 Å². The van der Waals surface area contributed by atoms with Crippen LogP contribution in [-0.4, -0.2) is 17.8 Å². The molecule has 0 saturated carbocycles. The second-order valence-corrected chi connectivity index (χ2v) is 4.97. The lowest BCUT2D eigenvalue weighted by atomic mass is 10.0. The van der Waals surface area contributed by atoms with Gasteiger partial charge < -0.3 is 10.4 Å². The third-order valence-corrected chi connectivity index (χ3v) is 3.10. The maximum atomic E-state index is 9.22. The predicted octanol–water partition coefficient (Wildman–Crippen LogP) is 2.42. The lowest BCUT2D eigenvalue weighted by Crippen LogP contribution is -2.31. The smallest absolute Gasteiger partial charge is 0.0636 e. The maximum Gasteiger partial charge on any atom is 0.0636 e. The van der Waals surface area contributed by atoms with Gasteiger partial charge in [0.15, 0.2) is 0 Å². The number of thiophene rings is 1. The first-order valence-electron chi connectivity index (χ1n) is 5.06. The molecule has 0 fully saturated rings. The van der Waals surface area contributed by atoms with Gasteiger partial charge in [-0.3, -0.25) is 0 Å². The molecule has 0 aliphatic heterocycles. The summed E-state index contributed by atoms with van der Waals surface area (Å²) < 4.78 is 0. The molecule has 1 rings (SSSR count). The molecule has 0 spiro atoms. The van der Waals surface area contributed by atoms with Crippen molar-refractivity contribution in [2.45, 2.75) is 32.9 Å². The lowest BCUT2D eigenvalue weighted by molar-refractivity contribution is 0.182. The monoisotopic (exact) mass is 213 g/mol. The first-order valence-corrected chi connectivity index (χ1v) is 5.94. The Morgan fingerprint density at radius 2 is 2.14 bits per heavy atom. The van der Waals surface area contributed by atoms with Crippen LogP contribution in [0.4, 0.5) is 0 Å². The van der Waals surface area contributed by atoms with Crippen molar-refractivity contribution in [3.8, 4) is 0 Å². The molecule has 1 aromatic rings. The van der Waals surface area contributed by atoms with Crippen LogP contribution in [0.15, 0.2) is 17.5 Å². The summed E-state index contributed by atoms with van der Waals surface area (Å²) in [6.45, 7) is 6.85. The second kappa shape index (κ2) is 5.49. The fourth-order valence-electron chi connectivity index (χ4n) is 1.43. The number of aliphatic hydroxyl groups is 1. The minimum atomic E-state index is -0.281. The topological polar surface area (TPSA) is 32.3 Å². The molecule has 0 bridgehead atoms. The molecular formula is C11H19NOS. The van der Waals surface area contributed by atoms with Gasteiger partial charge in [-0.25, -0.2) is 0 Å². The van der Waals surface area contributed by atoms with Crippen molar-refractivity contribution in [2.75, 3.05) is 6.54 Å². The highest BCUT2D eigenvalue weighted by molar-refractivity contribution is 7.10. The van der Waals surface area contributed by atoms with Crippen LogP contribution in [0.25, 0.3) is 0 Å². The van der Waals surface area contributed by atoms with E-state index in [1.54, 1.807) is 18.3 Å². The van der Waals surface area contributed by atoms with Gasteiger partial charge in [-0.15, -0.1) is 11.3 Å². The Labute approximate surface area is 90.0 Å². The van der Waals surface area contributed by atoms with Gasteiger partial charge in [0.05, 0.1) is 6.10 Å². The number of nitrogens with one attached hydrogen (secondary N) is 1. The van der Waals surface area contributed by atoms with E-state index in [0.717, 1.165) is 0 Å². The molecular weight excluding hydrogens is 194 g/mol. The third-order valence-electron chi connectivity index (χ3n) is 2.15. The SMILES string of the molecule is CC(O)CNC(c1cccs1)C(C)C. The van der Waals surface area contributed by atoms with Crippen LogP contribution in [0.2, 0.25) is 0 Å². The van der Waals surface area contributed by atoms with Gasteiger partial charge >= 0.3 is 0 Å². The molecule has 3 heteroatoms. The first-order chi connectivity index (χ1) is 6.61. The first kappa shape index (κ1) is 11.7. The van der Waals surface area contributed by atoms with Crippen LogP contribution in [0.5, 0.6) is 0 Å². The molecule has 14 heavy (non-hydrogen) atoms. The average molecular weight is 213 g/mol. The van der Waals surface area contributed by atoms with E-state index in [9.17, 15) is 5.11 Å². The van der Waals surface area contributed by atoms with E-state index in [1.807, 2.05) is 0 Å². The van der Waals surface area contributed by atoms with Gasteiger partial charge in [-0.2, -0.15) is 0 Å². The Bertz CT molecular complexity index is 244. The number of hydrogen-bond acceptors (Lipinski definition) is 3. The van der Waals surface area contributed by atoms with E-state index >= 15 is 0 Å². The zero-order valence-electron chi connectivity index (χ0n) is 9.03. The Morgan fingerprint density at radius 3 is 2.57 bits per heavy atom. The molecule has 0 saturated heterocycles. The molecule has 0 amide bonds. The summed E-state index contributed by atoms with van der Waals surface area (Å²) >= 11 is 1.77. The van der Waals surface area contributed by atoms with Crippen molar-refractivity contribution < 1.29 is 5.11 Å². The molecule has 0 aliphatic rings. The zero-order chi connectivity index (χ0) is 10.6. The van der Waals surface area contributed by atoms with Crippen LogP contribution in [0.1, 0.15) is 31.7 Å². The van der Waals surface area contributed by atoms with Gasteiger partial charge in [0, 0.05) is 17.5 Å². The highest BCUT2D eigenvalue weighted by atomic mass is 32.1. The highest BCUT2D eigenvalue weighted by Gasteiger charge is 2.16. The summed E-state index contributed by atoms with van der Waals surface area (Å²) in [7, 11) is 0. The van der Waals surface area contributed by atoms with Crippen LogP contribution in [0, 0.1) is 5.92 Å². The molecule has 0 aromatic carbocycles. The Kier molecular flexibility index (Phi) is 4.58. The highest BCUT2D eigenvalue weighted by Crippen LogP contribution is 2.25.